The molecule has 8 nitrogen and oxygen atoms in total. The first-order chi connectivity index (χ1) is 15.3. The summed E-state index contributed by atoms with van der Waals surface area (Å²) in [7, 11) is 0. The van der Waals surface area contributed by atoms with Crippen LogP contribution in [0.3, 0.4) is 0 Å². The Morgan fingerprint density at radius 2 is 1.84 bits per heavy atom. The first-order valence-electron chi connectivity index (χ1n) is 11.5. The van der Waals surface area contributed by atoms with Crippen molar-refractivity contribution in [3.8, 4) is 0 Å². The third kappa shape index (κ3) is 2.66. The van der Waals surface area contributed by atoms with Crippen LogP contribution in [0.15, 0.2) is 9.82 Å². The average molecular weight is 478 g/mol. The van der Waals surface area contributed by atoms with Crippen LogP contribution in [0.1, 0.15) is 31.6 Å². The Morgan fingerprint density at radius 1 is 1.16 bits per heavy atom. The van der Waals surface area contributed by atoms with Crippen LogP contribution >= 0.6 is 23.1 Å². The van der Waals surface area contributed by atoms with Crippen molar-refractivity contribution in [2.75, 3.05) is 32.8 Å². The Balaban J connectivity index is 1.30. The molecular formula is C22H27N3O5S2. The predicted molar refractivity (Wildman–Crippen MR) is 118 cm³/mol. The highest BCUT2D eigenvalue weighted by Crippen LogP contribution is 2.69. The summed E-state index contributed by atoms with van der Waals surface area (Å²) in [5.74, 6) is -0.663. The molecule has 172 valence electrons. The number of thiazole rings is 1. The first kappa shape index (κ1) is 20.9. The number of rotatable bonds is 3. The molecule has 10 heteroatoms. The van der Waals surface area contributed by atoms with E-state index in [2.05, 4.69) is 18.8 Å². The number of carbonyl (C=O) groups is 3. The second-order valence-electron chi connectivity index (χ2n) is 9.92. The number of hydrogen-bond donors (Lipinski definition) is 1. The maximum absolute atomic E-state index is 13.5. The van der Waals surface area contributed by atoms with Gasteiger partial charge in [-0.15, -0.1) is 11.8 Å². The van der Waals surface area contributed by atoms with Crippen LogP contribution in [-0.2, 0) is 24.5 Å². The van der Waals surface area contributed by atoms with Crippen LogP contribution in [-0.4, -0.2) is 70.6 Å². The van der Waals surface area contributed by atoms with E-state index in [9.17, 15) is 19.2 Å². The summed E-state index contributed by atoms with van der Waals surface area (Å²) in [5, 5.41) is 1.17. The summed E-state index contributed by atoms with van der Waals surface area (Å²) in [6.07, 6.45) is 1.77. The lowest BCUT2D eigenvalue weighted by Crippen LogP contribution is -2.49. The van der Waals surface area contributed by atoms with Crippen LogP contribution in [0.4, 0.5) is 0 Å². The molecule has 2 bridgehead atoms. The molecule has 1 N–H and O–H groups in total. The third-order valence-corrected chi connectivity index (χ3v) is 11.5. The molecule has 4 fully saturated rings. The monoisotopic (exact) mass is 477 g/mol. The molecule has 0 spiro atoms. The number of likely N-dealkylation sites (tertiary alicyclic amines) is 1. The number of nitrogens with zero attached hydrogens (tertiary/aromatic N) is 2. The number of amides is 3. The minimum absolute atomic E-state index is 0.0327. The average Bonchev–Trinajstić information content (AvgIpc) is 3.52. The molecule has 0 radical (unpaired) electrons. The number of carbonyl (C=O) groups excluding carboxylic acids is 3. The number of aromatic amines is 1. The standard InChI is InChI=1S/C22H27N3O5S2/c1-3-22(2)15-10-8-11(16(15)31-18-17(22)32-21(29)23-18)14-13(10)19(27)25(20(14)28)9-12(26)24-4-6-30-7-5-24/h10-11,13-16H,3-9H2,1-2H3,(H,23,29). The van der Waals surface area contributed by atoms with Crippen LogP contribution < -0.4 is 4.87 Å². The molecule has 7 unspecified atom stereocenters. The summed E-state index contributed by atoms with van der Waals surface area (Å²) in [4.78, 5) is 58.8. The fraction of sp³-hybridized carbons (Fsp3) is 0.727. The van der Waals surface area contributed by atoms with Gasteiger partial charge in [0.25, 0.3) is 0 Å². The second-order valence-corrected chi connectivity index (χ2v) is 12.1. The van der Waals surface area contributed by atoms with Crippen LogP contribution in [0.25, 0.3) is 0 Å². The zero-order chi connectivity index (χ0) is 22.4. The van der Waals surface area contributed by atoms with Crippen LogP contribution in [0.2, 0.25) is 0 Å². The lowest BCUT2D eigenvalue weighted by Gasteiger charge is -2.48. The van der Waals surface area contributed by atoms with Crippen LogP contribution in [0.5, 0.6) is 0 Å². The second kappa shape index (κ2) is 7.17. The van der Waals surface area contributed by atoms with Gasteiger partial charge in [0, 0.05) is 28.6 Å². The molecule has 3 amide bonds. The highest BCUT2D eigenvalue weighted by atomic mass is 32.2. The Kier molecular flexibility index (Phi) is 4.69. The molecule has 2 saturated carbocycles. The summed E-state index contributed by atoms with van der Waals surface area (Å²) >= 11 is 3.00. The van der Waals surface area contributed by atoms with Gasteiger partial charge in [0.15, 0.2) is 0 Å². The molecule has 5 aliphatic rings. The molecule has 1 aromatic rings. The Morgan fingerprint density at radius 3 is 2.53 bits per heavy atom. The van der Waals surface area contributed by atoms with Gasteiger partial charge in [-0.2, -0.15) is 0 Å². The summed E-state index contributed by atoms with van der Waals surface area (Å²) < 4.78 is 5.31. The number of H-pyrrole nitrogens is 1. The normalized spacial score (nSPS) is 39.9. The van der Waals surface area contributed by atoms with Crippen molar-refractivity contribution >= 4 is 40.8 Å². The number of morpholine rings is 1. The van der Waals surface area contributed by atoms with Crippen LogP contribution in [0, 0.1) is 29.6 Å². The van der Waals surface area contributed by atoms with Gasteiger partial charge in [-0.25, -0.2) is 0 Å². The summed E-state index contributed by atoms with van der Waals surface area (Å²) in [5.41, 5.74) is -0.181. The number of fused-ring (bicyclic) bond motifs is 9. The predicted octanol–water partition coefficient (Wildman–Crippen LogP) is 1.30. The van der Waals surface area contributed by atoms with E-state index in [1.54, 1.807) is 16.7 Å². The zero-order valence-corrected chi connectivity index (χ0v) is 19.8. The molecule has 4 heterocycles. The van der Waals surface area contributed by atoms with Crippen molar-refractivity contribution in [1.29, 1.82) is 0 Å². The molecule has 2 saturated heterocycles. The fourth-order valence-corrected chi connectivity index (χ4v) is 10.4. The maximum atomic E-state index is 13.5. The van der Waals surface area contributed by atoms with Crippen molar-refractivity contribution in [2.45, 2.75) is 42.4 Å². The number of nitrogens with one attached hydrogen (secondary N) is 1. The molecule has 3 aliphatic heterocycles. The minimum atomic E-state index is -0.327. The molecule has 1 aromatic heterocycles. The molecule has 2 aliphatic carbocycles. The molecule has 7 atom stereocenters. The Hall–Kier alpha value is -1.65. The van der Waals surface area contributed by atoms with E-state index in [1.807, 2.05) is 0 Å². The van der Waals surface area contributed by atoms with Gasteiger partial charge in [-0.3, -0.25) is 24.1 Å². The van der Waals surface area contributed by atoms with Crippen molar-refractivity contribution in [3.63, 3.8) is 0 Å². The third-order valence-electron chi connectivity index (χ3n) is 8.71. The van der Waals surface area contributed by atoms with Crippen molar-refractivity contribution < 1.29 is 19.1 Å². The quantitative estimate of drug-likeness (QED) is 0.659. The lowest BCUT2D eigenvalue weighted by atomic mass is 9.62. The van der Waals surface area contributed by atoms with E-state index in [4.69, 9.17) is 4.74 Å². The number of imide groups is 1. The molecule has 6 rings (SSSR count). The van der Waals surface area contributed by atoms with E-state index >= 15 is 0 Å². The smallest absolute Gasteiger partial charge is 0.305 e. The number of hydrogen-bond acceptors (Lipinski definition) is 7. The highest BCUT2D eigenvalue weighted by molar-refractivity contribution is 8.00. The van der Waals surface area contributed by atoms with Gasteiger partial charge in [-0.05, 0) is 30.6 Å². The number of aromatic nitrogens is 1. The van der Waals surface area contributed by atoms with Gasteiger partial charge in [0.1, 0.15) is 6.54 Å². The van der Waals surface area contributed by atoms with Gasteiger partial charge in [0.2, 0.25) is 17.7 Å². The van der Waals surface area contributed by atoms with Crippen molar-refractivity contribution in [3.05, 3.63) is 14.5 Å². The number of ether oxygens (including phenoxy) is 1. The minimum Gasteiger partial charge on any atom is -0.378 e. The fourth-order valence-electron chi connectivity index (χ4n) is 7.16. The van der Waals surface area contributed by atoms with E-state index in [0.717, 1.165) is 22.7 Å². The van der Waals surface area contributed by atoms with E-state index < -0.39 is 0 Å². The van der Waals surface area contributed by atoms with E-state index in [0.29, 0.717) is 26.3 Å². The zero-order valence-electron chi connectivity index (χ0n) is 18.2. The summed E-state index contributed by atoms with van der Waals surface area (Å²) in [6.45, 7) is 6.21. The lowest BCUT2D eigenvalue weighted by molar-refractivity contribution is -0.148. The topological polar surface area (TPSA) is 99.8 Å². The van der Waals surface area contributed by atoms with Gasteiger partial charge in [0.05, 0.1) is 30.1 Å². The van der Waals surface area contributed by atoms with Gasteiger partial charge < -0.3 is 14.6 Å². The largest absolute Gasteiger partial charge is 0.378 e. The summed E-state index contributed by atoms with van der Waals surface area (Å²) in [6, 6.07) is 0. The number of thioether (sulfide) groups is 1. The Labute approximate surface area is 194 Å². The Bertz CT molecular complexity index is 1060. The molecular weight excluding hydrogens is 450 g/mol. The molecule has 32 heavy (non-hydrogen) atoms. The first-order valence-corrected chi connectivity index (χ1v) is 13.2. The van der Waals surface area contributed by atoms with E-state index in [-0.39, 0.29) is 69.4 Å². The van der Waals surface area contributed by atoms with Gasteiger partial charge in [-0.1, -0.05) is 25.2 Å². The van der Waals surface area contributed by atoms with E-state index in [1.165, 1.54) is 16.2 Å². The maximum Gasteiger partial charge on any atom is 0.305 e. The van der Waals surface area contributed by atoms with Crippen molar-refractivity contribution in [1.82, 2.24) is 14.8 Å². The van der Waals surface area contributed by atoms with Crippen molar-refractivity contribution in [2.24, 2.45) is 29.6 Å². The molecule has 0 aromatic carbocycles. The van der Waals surface area contributed by atoms with Gasteiger partial charge >= 0.3 is 4.87 Å². The SMILES string of the molecule is CCC1(C)c2sc(=O)[nH]c2SC2C3CC(C4C(=O)N(CC(=O)N5CCOCC5)C(=O)C34)C21. The highest BCUT2D eigenvalue weighted by Gasteiger charge is 2.71.